The summed E-state index contributed by atoms with van der Waals surface area (Å²) in [4.78, 5) is 11.6. The molecule has 2 rings (SSSR count). The van der Waals surface area contributed by atoms with E-state index in [0.29, 0.717) is 11.2 Å². The largest absolute Gasteiger partial charge is 0.826 e. The summed E-state index contributed by atoms with van der Waals surface area (Å²) in [6, 6.07) is 0. The fourth-order valence-electron chi connectivity index (χ4n) is 0.958. The molecule has 76 valence electrons. The normalized spacial score (nSPS) is 11.1. The highest BCUT2D eigenvalue weighted by Crippen LogP contribution is 2.20. The number of rotatable bonds is 4. The van der Waals surface area contributed by atoms with Gasteiger partial charge in [0.2, 0.25) is 5.65 Å². The van der Waals surface area contributed by atoms with E-state index in [9.17, 15) is 4.57 Å². The van der Waals surface area contributed by atoms with E-state index in [1.54, 1.807) is 0 Å². The molecule has 1 atom stereocenters. The molecule has 0 amide bonds. The first-order chi connectivity index (χ1) is 7.31. The van der Waals surface area contributed by atoms with Crippen LogP contribution in [0.25, 0.3) is 11.2 Å². The molecule has 0 aliphatic heterocycles. The van der Waals surface area contributed by atoms with Crippen molar-refractivity contribution >= 4 is 19.4 Å². The van der Waals surface area contributed by atoms with Gasteiger partial charge in [0.05, 0.1) is 6.20 Å². The Morgan fingerprint density at radius 1 is 1.53 bits per heavy atom. The second kappa shape index (κ2) is 4.02. The summed E-state index contributed by atoms with van der Waals surface area (Å²) in [6.07, 6.45) is 5.22. The lowest BCUT2D eigenvalue weighted by molar-refractivity contribution is 0.250. The average Bonchev–Trinajstić information content (AvgIpc) is 2.62. The van der Waals surface area contributed by atoms with Gasteiger partial charge in [0.1, 0.15) is 24.4 Å². The molecule has 1 unspecified atom stereocenters. The van der Waals surface area contributed by atoms with Crippen LogP contribution in [0.4, 0.5) is 0 Å². The van der Waals surface area contributed by atoms with Crippen LogP contribution in [-0.2, 0) is 9.09 Å². The first-order valence-corrected chi connectivity index (χ1v) is 4.97. The zero-order valence-corrected chi connectivity index (χ0v) is 8.37. The Kier molecular flexibility index (Phi) is 2.55. The smallest absolute Gasteiger partial charge is 0.242 e. The number of imidazole rings is 1. The highest BCUT2D eigenvalue weighted by atomic mass is 31.1. The minimum absolute atomic E-state index is 0.418. The Morgan fingerprint density at radius 3 is 3.20 bits per heavy atom. The fourth-order valence-corrected chi connectivity index (χ4v) is 1.38. The van der Waals surface area contributed by atoms with Crippen LogP contribution in [0.5, 0.6) is 0 Å². The van der Waals surface area contributed by atoms with Gasteiger partial charge in [0.25, 0.3) is 0 Å². The summed E-state index contributed by atoms with van der Waals surface area (Å²) in [5, 5.41) is 0. The molecule has 0 spiro atoms. The van der Waals surface area contributed by atoms with Gasteiger partial charge < -0.3 is 0 Å². The van der Waals surface area contributed by atoms with Crippen molar-refractivity contribution in [2.45, 2.75) is 0 Å². The van der Waals surface area contributed by atoms with Crippen molar-refractivity contribution in [1.29, 1.82) is 0 Å². The first kappa shape index (κ1) is 9.54. The van der Waals surface area contributed by atoms with Crippen LogP contribution in [0.2, 0.25) is 0 Å². The monoisotopic (exact) mass is 225 g/mol. The zero-order valence-electron chi connectivity index (χ0n) is 7.48. The van der Waals surface area contributed by atoms with E-state index in [-0.39, 0.29) is 0 Å². The van der Waals surface area contributed by atoms with Crippen molar-refractivity contribution in [2.24, 2.45) is 0 Å². The Bertz CT molecular complexity index is 512. The SMILES string of the molecule is C=CO[P+](=O)On1cnc2cncnc21. The molecule has 0 bridgehead atoms. The van der Waals surface area contributed by atoms with Gasteiger partial charge in [-0.25, -0.2) is 19.5 Å². The Balaban J connectivity index is 2.28. The van der Waals surface area contributed by atoms with Crippen LogP contribution in [0, 0.1) is 0 Å². The molecule has 0 aliphatic carbocycles. The van der Waals surface area contributed by atoms with Crippen LogP contribution in [0.1, 0.15) is 0 Å². The highest BCUT2D eigenvalue weighted by molar-refractivity contribution is 7.33. The summed E-state index contributed by atoms with van der Waals surface area (Å²) >= 11 is 0. The second-order valence-corrected chi connectivity index (χ2v) is 3.20. The number of hydrogen-bond donors (Lipinski definition) is 0. The lowest BCUT2D eigenvalue weighted by atomic mass is 10.6. The minimum Gasteiger partial charge on any atom is -0.242 e. The quantitative estimate of drug-likeness (QED) is 0.572. The molecule has 0 saturated carbocycles. The molecule has 0 fully saturated rings. The van der Waals surface area contributed by atoms with Crippen LogP contribution < -0.4 is 4.62 Å². The van der Waals surface area contributed by atoms with Crippen molar-refractivity contribution in [1.82, 2.24) is 19.7 Å². The average molecular weight is 225 g/mol. The summed E-state index contributed by atoms with van der Waals surface area (Å²) < 4.78 is 21.7. The van der Waals surface area contributed by atoms with Crippen LogP contribution in [0.3, 0.4) is 0 Å². The van der Waals surface area contributed by atoms with Gasteiger partial charge in [-0.2, -0.15) is 0 Å². The first-order valence-electron chi connectivity index (χ1n) is 3.87. The summed E-state index contributed by atoms with van der Waals surface area (Å²) in [6.45, 7) is 3.26. The van der Waals surface area contributed by atoms with Crippen molar-refractivity contribution in [2.75, 3.05) is 0 Å². The molecule has 2 aromatic heterocycles. The van der Waals surface area contributed by atoms with Crippen LogP contribution in [-0.4, -0.2) is 19.7 Å². The van der Waals surface area contributed by atoms with Gasteiger partial charge in [0, 0.05) is 4.57 Å². The molecule has 0 N–H and O–H groups in total. The number of fused-ring (bicyclic) bond motifs is 1. The van der Waals surface area contributed by atoms with Crippen LogP contribution in [0.15, 0.2) is 31.7 Å². The van der Waals surface area contributed by atoms with Crippen LogP contribution >= 0.6 is 8.25 Å². The van der Waals surface area contributed by atoms with Crippen molar-refractivity contribution in [3.63, 3.8) is 0 Å². The molecule has 8 heteroatoms. The van der Waals surface area contributed by atoms with Gasteiger partial charge in [-0.15, -0.1) is 4.62 Å². The molecular formula is C7H6N4O3P+. The van der Waals surface area contributed by atoms with E-state index in [4.69, 9.17) is 4.62 Å². The summed E-state index contributed by atoms with van der Waals surface area (Å²) in [5.41, 5.74) is 0.959. The van der Waals surface area contributed by atoms with E-state index >= 15 is 0 Å². The van der Waals surface area contributed by atoms with Crippen molar-refractivity contribution < 1.29 is 13.7 Å². The minimum atomic E-state index is -2.31. The van der Waals surface area contributed by atoms with Crippen molar-refractivity contribution in [3.8, 4) is 0 Å². The molecule has 0 aliphatic rings. The third kappa shape index (κ3) is 1.92. The zero-order chi connectivity index (χ0) is 10.7. The van der Waals surface area contributed by atoms with Gasteiger partial charge >= 0.3 is 8.25 Å². The van der Waals surface area contributed by atoms with E-state index in [0.717, 1.165) is 11.0 Å². The topological polar surface area (TPSA) is 79.1 Å². The fraction of sp³-hybridized carbons (Fsp3) is 0. The molecule has 7 nitrogen and oxygen atoms in total. The summed E-state index contributed by atoms with van der Waals surface area (Å²) in [5.74, 6) is 0. The third-order valence-electron chi connectivity index (χ3n) is 1.50. The standard InChI is InChI=1S/C7H6N4O3P/c1-2-13-15(12)14-11-5-10-6-3-8-4-9-7(6)11/h2-5H,1H2/q+1. The molecule has 0 saturated heterocycles. The van der Waals surface area contributed by atoms with E-state index < -0.39 is 8.25 Å². The van der Waals surface area contributed by atoms with E-state index in [1.807, 2.05) is 0 Å². The van der Waals surface area contributed by atoms with Gasteiger partial charge in [-0.1, -0.05) is 11.3 Å². The lowest BCUT2D eigenvalue weighted by Crippen LogP contribution is -2.02. The number of hydrogen-bond acceptors (Lipinski definition) is 6. The second-order valence-electron chi connectivity index (χ2n) is 2.38. The van der Waals surface area contributed by atoms with Gasteiger partial charge in [-0.3, -0.25) is 0 Å². The molecule has 0 radical (unpaired) electrons. The number of aromatic nitrogens is 4. The third-order valence-corrected chi connectivity index (χ3v) is 2.13. The maximum Gasteiger partial charge on any atom is 0.826 e. The Labute approximate surface area is 85.3 Å². The predicted octanol–water partition coefficient (Wildman–Crippen LogP) is 1.07. The molecule has 15 heavy (non-hydrogen) atoms. The van der Waals surface area contributed by atoms with Crippen molar-refractivity contribution in [3.05, 3.63) is 31.7 Å². The maximum absolute atomic E-state index is 11.1. The number of nitrogens with zero attached hydrogens (tertiary/aromatic N) is 4. The van der Waals surface area contributed by atoms with Gasteiger partial charge in [0.15, 0.2) is 0 Å². The molecular weight excluding hydrogens is 219 g/mol. The predicted molar refractivity (Wildman–Crippen MR) is 50.8 cm³/mol. The van der Waals surface area contributed by atoms with E-state index in [1.165, 1.54) is 18.9 Å². The van der Waals surface area contributed by atoms with Gasteiger partial charge in [-0.05, 0) is 0 Å². The highest BCUT2D eigenvalue weighted by Gasteiger charge is 2.23. The summed E-state index contributed by atoms with van der Waals surface area (Å²) in [7, 11) is -2.31. The lowest BCUT2D eigenvalue weighted by Gasteiger charge is -1.90. The molecule has 2 aromatic rings. The Hall–Kier alpha value is -2.01. The molecule has 0 aromatic carbocycles. The Morgan fingerprint density at radius 2 is 2.40 bits per heavy atom. The van der Waals surface area contributed by atoms with E-state index in [2.05, 4.69) is 26.1 Å². The maximum atomic E-state index is 11.1. The molecule has 2 heterocycles.